The molecule has 8 nitrogen and oxygen atoms in total. The Hall–Kier alpha value is -2.72. The molecule has 2 aromatic rings. The second-order valence-electron chi connectivity index (χ2n) is 4.78. The number of rotatable bonds is 4. The molecule has 0 bridgehead atoms. The third-order valence-corrected chi connectivity index (χ3v) is 5.61. The van der Waals surface area contributed by atoms with E-state index >= 15 is 0 Å². The summed E-state index contributed by atoms with van der Waals surface area (Å²) in [5, 5.41) is 0. The Labute approximate surface area is 151 Å². The van der Waals surface area contributed by atoms with Gasteiger partial charge in [-0.3, -0.25) is 0 Å². The maximum absolute atomic E-state index is 12.3. The Morgan fingerprint density at radius 1 is 0.654 bits per heavy atom. The highest BCUT2D eigenvalue weighted by atomic mass is 32.2. The summed E-state index contributed by atoms with van der Waals surface area (Å²) in [5.41, 5.74) is 0. The van der Waals surface area contributed by atoms with Crippen molar-refractivity contribution in [1.29, 1.82) is 0 Å². The van der Waals surface area contributed by atoms with Gasteiger partial charge in [0.1, 0.15) is 0 Å². The Balaban J connectivity index is 2.50. The van der Waals surface area contributed by atoms with Gasteiger partial charge in [0.15, 0.2) is 0 Å². The predicted octanol–water partition coefficient (Wildman–Crippen LogP) is 1.85. The topological polar surface area (TPSA) is 111 Å². The van der Waals surface area contributed by atoms with E-state index in [1.807, 2.05) is 0 Å². The Morgan fingerprint density at radius 2 is 0.962 bits per heavy atom. The Morgan fingerprint density at radius 3 is 1.23 bits per heavy atom. The highest BCUT2D eigenvalue weighted by Crippen LogP contribution is 2.14. The molecule has 0 aliphatic heterocycles. The zero-order valence-electron chi connectivity index (χ0n) is 13.9. The summed E-state index contributed by atoms with van der Waals surface area (Å²) in [4.78, 5) is -0.174. The standard InChI is InChI=1S/C16H16N2O6S2/c1-23-15(17-25(19,20)13-9-5-3-6-10-13)16(24-2)18-26(21,22)14-11-7-4-8-12-14/h3-12H,1-2H3/b17-15-,18-16+. The minimum atomic E-state index is -4.14. The van der Waals surface area contributed by atoms with E-state index in [0.29, 0.717) is 0 Å². The molecule has 138 valence electrons. The monoisotopic (exact) mass is 396 g/mol. The van der Waals surface area contributed by atoms with Crippen LogP contribution in [-0.4, -0.2) is 42.9 Å². The summed E-state index contributed by atoms with van der Waals surface area (Å²) in [7, 11) is -6.02. The fourth-order valence-electron chi connectivity index (χ4n) is 1.84. The lowest BCUT2D eigenvalue weighted by Gasteiger charge is -2.08. The third kappa shape index (κ3) is 4.67. The van der Waals surface area contributed by atoms with Gasteiger partial charge in [-0.05, 0) is 24.3 Å². The largest absolute Gasteiger partial charge is 0.477 e. The average molecular weight is 396 g/mol. The van der Waals surface area contributed by atoms with Crippen LogP contribution in [0.15, 0.2) is 79.3 Å². The number of methoxy groups -OCH3 is 2. The first-order valence-electron chi connectivity index (χ1n) is 7.18. The summed E-state index contributed by atoms with van der Waals surface area (Å²) in [5.74, 6) is -1.17. The van der Waals surface area contributed by atoms with E-state index in [1.165, 1.54) is 48.5 Å². The molecule has 0 aliphatic carbocycles. The summed E-state index contributed by atoms with van der Waals surface area (Å²) >= 11 is 0. The zero-order valence-corrected chi connectivity index (χ0v) is 15.6. The highest BCUT2D eigenvalue weighted by molar-refractivity contribution is 7.90. The maximum Gasteiger partial charge on any atom is 0.289 e. The van der Waals surface area contributed by atoms with E-state index in [1.54, 1.807) is 12.1 Å². The van der Waals surface area contributed by atoms with Crippen LogP contribution in [0.4, 0.5) is 0 Å². The van der Waals surface area contributed by atoms with Gasteiger partial charge in [-0.25, -0.2) is 0 Å². The van der Waals surface area contributed by atoms with E-state index in [4.69, 9.17) is 9.47 Å². The van der Waals surface area contributed by atoms with Crippen molar-refractivity contribution in [3.63, 3.8) is 0 Å². The van der Waals surface area contributed by atoms with Gasteiger partial charge in [0, 0.05) is 0 Å². The van der Waals surface area contributed by atoms with Gasteiger partial charge in [0.25, 0.3) is 31.8 Å². The number of hydrogen-bond donors (Lipinski definition) is 0. The summed E-state index contributed by atoms with van der Waals surface area (Å²) in [6.07, 6.45) is 0. The molecule has 0 atom stereocenters. The minimum Gasteiger partial charge on any atom is -0.477 e. The molecule has 0 aromatic heterocycles. The molecule has 10 heteroatoms. The molecule has 0 fully saturated rings. The second-order valence-corrected chi connectivity index (χ2v) is 7.99. The highest BCUT2D eigenvalue weighted by Gasteiger charge is 2.22. The lowest BCUT2D eigenvalue weighted by atomic mass is 10.4. The molecule has 0 saturated carbocycles. The SMILES string of the molecule is COC(=N\S(=O)(=O)c1ccccc1)/C(=N\S(=O)(=O)c1ccccc1)OC. The van der Waals surface area contributed by atoms with Crippen molar-refractivity contribution in [2.45, 2.75) is 9.79 Å². The number of nitrogens with zero attached hydrogens (tertiary/aromatic N) is 2. The molecular formula is C16H16N2O6S2. The quantitative estimate of drug-likeness (QED) is 0.576. The second kappa shape index (κ2) is 8.11. The first-order valence-corrected chi connectivity index (χ1v) is 10.1. The number of sulfonamides is 2. The number of benzene rings is 2. The molecule has 0 amide bonds. The third-order valence-electron chi connectivity index (χ3n) is 3.06. The van der Waals surface area contributed by atoms with Crippen LogP contribution in [0.3, 0.4) is 0 Å². The summed E-state index contributed by atoms with van der Waals surface area (Å²) in [6, 6.07) is 14.8. The van der Waals surface area contributed by atoms with Crippen LogP contribution < -0.4 is 0 Å². The predicted molar refractivity (Wildman–Crippen MR) is 96.1 cm³/mol. The van der Waals surface area contributed by atoms with Gasteiger partial charge in [-0.2, -0.15) is 16.8 Å². The fraction of sp³-hybridized carbons (Fsp3) is 0.125. The molecule has 0 aliphatic rings. The molecule has 0 saturated heterocycles. The Bertz CT molecular complexity index is 929. The van der Waals surface area contributed by atoms with Crippen molar-refractivity contribution in [3.8, 4) is 0 Å². The van der Waals surface area contributed by atoms with Crippen molar-refractivity contribution < 1.29 is 26.3 Å². The van der Waals surface area contributed by atoms with E-state index in [0.717, 1.165) is 14.2 Å². The van der Waals surface area contributed by atoms with Crippen molar-refractivity contribution >= 4 is 31.8 Å². The van der Waals surface area contributed by atoms with Gasteiger partial charge in [-0.15, -0.1) is 8.80 Å². The normalized spacial score (nSPS) is 13.3. The van der Waals surface area contributed by atoms with E-state index < -0.39 is 31.8 Å². The zero-order chi connectivity index (χ0) is 19.2. The van der Waals surface area contributed by atoms with Crippen molar-refractivity contribution in [3.05, 3.63) is 60.7 Å². The fourth-order valence-corrected chi connectivity index (χ4v) is 3.79. The van der Waals surface area contributed by atoms with E-state index in [9.17, 15) is 16.8 Å². The van der Waals surface area contributed by atoms with Gasteiger partial charge < -0.3 is 9.47 Å². The molecule has 2 rings (SSSR count). The lowest BCUT2D eigenvalue weighted by molar-refractivity contribution is 0.369. The first kappa shape index (κ1) is 19.6. The van der Waals surface area contributed by atoms with Gasteiger partial charge in [0.05, 0.1) is 24.0 Å². The van der Waals surface area contributed by atoms with Gasteiger partial charge >= 0.3 is 0 Å². The number of ether oxygens (including phenoxy) is 2. The smallest absolute Gasteiger partial charge is 0.289 e. The molecule has 0 radical (unpaired) electrons. The van der Waals surface area contributed by atoms with Crippen LogP contribution in [0.5, 0.6) is 0 Å². The number of hydrogen-bond acceptors (Lipinski definition) is 6. The van der Waals surface area contributed by atoms with Crippen molar-refractivity contribution in [1.82, 2.24) is 0 Å². The van der Waals surface area contributed by atoms with E-state index in [2.05, 4.69) is 8.80 Å². The Kier molecular flexibility index (Phi) is 6.11. The van der Waals surface area contributed by atoms with E-state index in [-0.39, 0.29) is 9.79 Å². The lowest BCUT2D eigenvalue weighted by Crippen LogP contribution is -2.22. The average Bonchev–Trinajstić information content (AvgIpc) is 2.66. The van der Waals surface area contributed by atoms with Crippen molar-refractivity contribution in [2.24, 2.45) is 8.80 Å². The molecule has 0 heterocycles. The van der Waals surface area contributed by atoms with Gasteiger partial charge in [-0.1, -0.05) is 36.4 Å². The molecule has 0 spiro atoms. The van der Waals surface area contributed by atoms with Crippen molar-refractivity contribution in [2.75, 3.05) is 14.2 Å². The van der Waals surface area contributed by atoms with Crippen LogP contribution in [0.2, 0.25) is 0 Å². The first-order chi connectivity index (χ1) is 12.3. The van der Waals surface area contributed by atoms with Crippen LogP contribution in [0.25, 0.3) is 0 Å². The minimum absolute atomic E-state index is 0.0871. The van der Waals surface area contributed by atoms with Crippen LogP contribution in [-0.2, 0) is 29.5 Å². The molecule has 0 N–H and O–H groups in total. The molecule has 2 aromatic carbocycles. The van der Waals surface area contributed by atoms with Crippen LogP contribution in [0.1, 0.15) is 0 Å². The maximum atomic E-state index is 12.3. The van der Waals surface area contributed by atoms with Crippen LogP contribution in [0, 0.1) is 0 Å². The summed E-state index contributed by atoms with van der Waals surface area (Å²) < 4.78 is 66.1. The molecule has 26 heavy (non-hydrogen) atoms. The molecular weight excluding hydrogens is 380 g/mol. The van der Waals surface area contributed by atoms with Crippen LogP contribution >= 0.6 is 0 Å². The summed E-state index contributed by atoms with van der Waals surface area (Å²) in [6.45, 7) is 0. The molecule has 0 unspecified atom stereocenters. The van der Waals surface area contributed by atoms with Gasteiger partial charge in [0.2, 0.25) is 0 Å².